The second-order valence-corrected chi connectivity index (χ2v) is 5.55. The minimum absolute atomic E-state index is 0.0418. The summed E-state index contributed by atoms with van der Waals surface area (Å²) in [4.78, 5) is 23.4. The van der Waals surface area contributed by atoms with E-state index in [1.807, 2.05) is 0 Å². The third kappa shape index (κ3) is 7.11. The summed E-state index contributed by atoms with van der Waals surface area (Å²) in [7, 11) is 1.46. The van der Waals surface area contributed by atoms with Gasteiger partial charge in [-0.2, -0.15) is 0 Å². The van der Waals surface area contributed by atoms with Gasteiger partial charge < -0.3 is 24.9 Å². The van der Waals surface area contributed by atoms with Gasteiger partial charge in [0, 0.05) is 25.2 Å². The summed E-state index contributed by atoms with van der Waals surface area (Å²) in [5, 5.41) is 15.0. The molecule has 1 heterocycles. The Morgan fingerprint density at radius 1 is 1.11 bits per heavy atom. The van der Waals surface area contributed by atoms with Crippen molar-refractivity contribution in [3.05, 3.63) is 60.1 Å². The van der Waals surface area contributed by atoms with Crippen molar-refractivity contribution in [2.75, 3.05) is 20.2 Å². The fraction of sp³-hybridized carbons (Fsp3) is 0.200. The number of carbonyl (C=O) groups is 2. The van der Waals surface area contributed by atoms with Crippen molar-refractivity contribution in [1.82, 2.24) is 10.6 Å². The fourth-order valence-electron chi connectivity index (χ4n) is 2.14. The molecule has 1 aromatic carbocycles. The van der Waals surface area contributed by atoms with Crippen molar-refractivity contribution in [2.24, 2.45) is 0 Å². The van der Waals surface area contributed by atoms with Gasteiger partial charge in [-0.05, 0) is 48.4 Å². The summed E-state index contributed by atoms with van der Waals surface area (Å²) in [5.74, 6) is 0.523. The number of rotatable bonds is 9. The molecule has 7 nitrogen and oxygen atoms in total. The largest absolute Gasteiger partial charge is 0.504 e. The van der Waals surface area contributed by atoms with Crippen molar-refractivity contribution < 1.29 is 23.8 Å². The van der Waals surface area contributed by atoms with Gasteiger partial charge in [-0.3, -0.25) is 9.59 Å². The SMILES string of the molecule is COc1cc(/C=C/C(=O)NCCCNC(=O)/C=C/c2ccco2)ccc1O. The molecule has 0 atom stereocenters. The first-order valence-electron chi connectivity index (χ1n) is 8.41. The lowest BCUT2D eigenvalue weighted by Crippen LogP contribution is -2.28. The van der Waals surface area contributed by atoms with Crippen LogP contribution in [0.25, 0.3) is 12.2 Å². The van der Waals surface area contributed by atoms with Gasteiger partial charge in [-0.15, -0.1) is 0 Å². The van der Waals surface area contributed by atoms with Gasteiger partial charge in [0.25, 0.3) is 0 Å². The predicted molar refractivity (Wildman–Crippen MR) is 102 cm³/mol. The van der Waals surface area contributed by atoms with Crippen LogP contribution in [0.1, 0.15) is 17.7 Å². The molecule has 3 N–H and O–H groups in total. The highest BCUT2D eigenvalue weighted by atomic mass is 16.5. The minimum atomic E-state index is -0.244. The predicted octanol–water partition coefficient (Wildman–Crippen LogP) is 2.34. The zero-order valence-corrected chi connectivity index (χ0v) is 15.0. The average Bonchev–Trinajstić information content (AvgIpc) is 3.19. The molecule has 0 saturated heterocycles. The summed E-state index contributed by atoms with van der Waals surface area (Å²) < 4.78 is 10.1. The van der Waals surface area contributed by atoms with Crippen molar-refractivity contribution >= 4 is 24.0 Å². The second kappa shape index (κ2) is 10.5. The first kappa shape index (κ1) is 19.8. The smallest absolute Gasteiger partial charge is 0.244 e. The molecule has 0 aliphatic carbocycles. The number of hydrogen-bond acceptors (Lipinski definition) is 5. The molecule has 0 spiro atoms. The molecule has 27 heavy (non-hydrogen) atoms. The highest BCUT2D eigenvalue weighted by Crippen LogP contribution is 2.26. The molecule has 0 saturated carbocycles. The molecule has 0 aliphatic heterocycles. The first-order chi connectivity index (χ1) is 13.1. The van der Waals surface area contributed by atoms with E-state index < -0.39 is 0 Å². The van der Waals surface area contributed by atoms with Crippen molar-refractivity contribution in [3.8, 4) is 11.5 Å². The number of hydrogen-bond donors (Lipinski definition) is 3. The number of methoxy groups -OCH3 is 1. The van der Waals surface area contributed by atoms with Crippen LogP contribution >= 0.6 is 0 Å². The number of benzene rings is 1. The lowest BCUT2D eigenvalue weighted by molar-refractivity contribution is -0.116. The van der Waals surface area contributed by atoms with Gasteiger partial charge in [0.2, 0.25) is 11.8 Å². The molecule has 2 aromatic rings. The Morgan fingerprint density at radius 2 is 1.81 bits per heavy atom. The van der Waals surface area contributed by atoms with Crippen LogP contribution in [0, 0.1) is 0 Å². The van der Waals surface area contributed by atoms with Crippen molar-refractivity contribution in [1.29, 1.82) is 0 Å². The average molecular weight is 370 g/mol. The van der Waals surface area contributed by atoms with Crippen molar-refractivity contribution in [3.63, 3.8) is 0 Å². The number of ether oxygens (including phenoxy) is 1. The molecule has 2 amide bonds. The van der Waals surface area contributed by atoms with E-state index in [0.29, 0.717) is 31.0 Å². The van der Waals surface area contributed by atoms with Gasteiger partial charge in [0.15, 0.2) is 11.5 Å². The van der Waals surface area contributed by atoms with Gasteiger partial charge in [0.05, 0.1) is 13.4 Å². The topological polar surface area (TPSA) is 101 Å². The molecular weight excluding hydrogens is 348 g/mol. The molecule has 142 valence electrons. The molecule has 7 heteroatoms. The van der Waals surface area contributed by atoms with Crippen LogP contribution in [0.4, 0.5) is 0 Å². The quantitative estimate of drug-likeness (QED) is 0.465. The molecule has 0 fully saturated rings. The van der Waals surface area contributed by atoms with E-state index in [1.165, 1.54) is 31.6 Å². The number of furan rings is 1. The van der Waals surface area contributed by atoms with Gasteiger partial charge in [-0.25, -0.2) is 0 Å². The number of amides is 2. The van der Waals surface area contributed by atoms with E-state index in [-0.39, 0.29) is 17.6 Å². The fourth-order valence-corrected chi connectivity index (χ4v) is 2.14. The summed E-state index contributed by atoms with van der Waals surface area (Å²) in [5.41, 5.74) is 0.732. The van der Waals surface area contributed by atoms with Crippen LogP contribution in [0.15, 0.2) is 53.2 Å². The van der Waals surface area contributed by atoms with Crippen LogP contribution in [0.5, 0.6) is 11.5 Å². The number of nitrogens with one attached hydrogen (secondary N) is 2. The number of carbonyl (C=O) groups excluding carboxylic acids is 2. The molecule has 0 radical (unpaired) electrons. The van der Waals surface area contributed by atoms with Crippen molar-refractivity contribution in [2.45, 2.75) is 6.42 Å². The Balaban J connectivity index is 1.63. The monoisotopic (exact) mass is 370 g/mol. The van der Waals surface area contributed by atoms with Crippen LogP contribution in [0.3, 0.4) is 0 Å². The van der Waals surface area contributed by atoms with Gasteiger partial charge >= 0.3 is 0 Å². The summed E-state index contributed by atoms with van der Waals surface area (Å²) in [6.07, 6.45) is 8.14. The Kier molecular flexibility index (Phi) is 7.71. The van der Waals surface area contributed by atoms with E-state index in [4.69, 9.17) is 9.15 Å². The van der Waals surface area contributed by atoms with Gasteiger partial charge in [0.1, 0.15) is 5.76 Å². The highest BCUT2D eigenvalue weighted by molar-refractivity contribution is 5.92. The number of phenolic OH excluding ortho intramolecular Hbond substituents is 1. The molecule has 0 aliphatic rings. The van der Waals surface area contributed by atoms with Crippen LogP contribution in [-0.2, 0) is 9.59 Å². The molecule has 2 rings (SSSR count). The zero-order valence-electron chi connectivity index (χ0n) is 15.0. The Hall–Kier alpha value is -3.48. The molecule has 0 unspecified atom stereocenters. The second-order valence-electron chi connectivity index (χ2n) is 5.55. The van der Waals surface area contributed by atoms with Crippen LogP contribution in [-0.4, -0.2) is 37.1 Å². The summed E-state index contributed by atoms with van der Waals surface area (Å²) >= 11 is 0. The van der Waals surface area contributed by atoms with E-state index in [2.05, 4.69) is 10.6 Å². The Bertz CT molecular complexity index is 810. The standard InChI is InChI=1S/C20H22N2O5/c1-26-18-14-15(5-8-17(18)23)6-9-19(24)21-11-3-12-22-20(25)10-7-16-4-2-13-27-16/h2,4-10,13-14,23H,3,11-12H2,1H3,(H,21,24)(H,22,25)/b9-6+,10-7+. The van der Waals surface area contributed by atoms with E-state index in [0.717, 1.165) is 5.56 Å². The van der Waals surface area contributed by atoms with E-state index >= 15 is 0 Å². The summed E-state index contributed by atoms with van der Waals surface area (Å²) in [6, 6.07) is 8.30. The third-order valence-corrected chi connectivity index (χ3v) is 3.53. The maximum Gasteiger partial charge on any atom is 0.244 e. The third-order valence-electron chi connectivity index (χ3n) is 3.53. The number of phenols is 1. The molecule has 0 bridgehead atoms. The lowest BCUT2D eigenvalue weighted by atomic mass is 10.2. The first-order valence-corrected chi connectivity index (χ1v) is 8.41. The maximum absolute atomic E-state index is 11.8. The Labute approximate surface area is 157 Å². The minimum Gasteiger partial charge on any atom is -0.504 e. The lowest BCUT2D eigenvalue weighted by Gasteiger charge is -2.04. The number of aromatic hydroxyl groups is 1. The molecular formula is C20H22N2O5. The summed E-state index contributed by atoms with van der Waals surface area (Å²) in [6.45, 7) is 0.880. The van der Waals surface area contributed by atoms with E-state index in [1.54, 1.807) is 36.4 Å². The zero-order chi connectivity index (χ0) is 19.5. The van der Waals surface area contributed by atoms with E-state index in [9.17, 15) is 14.7 Å². The highest BCUT2D eigenvalue weighted by Gasteiger charge is 2.01. The Morgan fingerprint density at radius 3 is 2.44 bits per heavy atom. The maximum atomic E-state index is 11.8. The normalized spacial score (nSPS) is 11.0. The molecule has 1 aromatic heterocycles. The van der Waals surface area contributed by atoms with Gasteiger partial charge in [-0.1, -0.05) is 6.07 Å². The van der Waals surface area contributed by atoms with Crippen LogP contribution < -0.4 is 15.4 Å². The van der Waals surface area contributed by atoms with Crippen LogP contribution in [0.2, 0.25) is 0 Å².